The molecule has 0 amide bonds. The lowest BCUT2D eigenvalue weighted by molar-refractivity contribution is 0.102. The Hall–Kier alpha value is -0.860. The maximum Gasteiger partial charge on any atom is 0.0576 e. The molecule has 2 nitrogen and oxygen atoms in total. The molecule has 1 unspecified atom stereocenters. The number of hydrogen-bond acceptors (Lipinski definition) is 2. The van der Waals surface area contributed by atoms with Crippen LogP contribution >= 0.6 is 0 Å². The molecule has 18 heavy (non-hydrogen) atoms. The summed E-state index contributed by atoms with van der Waals surface area (Å²) in [5.41, 5.74) is 4.68. The number of ether oxygens (including phenoxy) is 1. The van der Waals surface area contributed by atoms with E-state index >= 15 is 0 Å². The van der Waals surface area contributed by atoms with E-state index < -0.39 is 0 Å². The second-order valence-corrected chi connectivity index (χ2v) is 5.51. The van der Waals surface area contributed by atoms with Gasteiger partial charge in [-0.25, -0.2) is 0 Å². The highest BCUT2D eigenvalue weighted by atomic mass is 16.5. The standard InChI is InChI=1S/C16H23NO/c1-4-13(6-2-7-15-8-3-11-18-15)16-12-17-10-9-14(16)5-1/h1,4-5,15,17H,2-3,6-12H2. The average molecular weight is 245 g/mol. The summed E-state index contributed by atoms with van der Waals surface area (Å²) in [4.78, 5) is 0. The van der Waals surface area contributed by atoms with Gasteiger partial charge < -0.3 is 10.1 Å². The Morgan fingerprint density at radius 3 is 3.22 bits per heavy atom. The highest BCUT2D eigenvalue weighted by Crippen LogP contribution is 2.22. The summed E-state index contributed by atoms with van der Waals surface area (Å²) in [6, 6.07) is 6.83. The molecule has 1 fully saturated rings. The summed E-state index contributed by atoms with van der Waals surface area (Å²) in [7, 11) is 0. The van der Waals surface area contributed by atoms with Crippen molar-refractivity contribution < 1.29 is 4.74 Å². The first-order valence-corrected chi connectivity index (χ1v) is 7.35. The van der Waals surface area contributed by atoms with Crippen LogP contribution in [0.4, 0.5) is 0 Å². The van der Waals surface area contributed by atoms with Crippen LogP contribution in [0.1, 0.15) is 42.4 Å². The van der Waals surface area contributed by atoms with Crippen molar-refractivity contribution in [1.82, 2.24) is 5.32 Å². The van der Waals surface area contributed by atoms with Gasteiger partial charge in [-0.1, -0.05) is 18.2 Å². The molecule has 3 rings (SSSR count). The van der Waals surface area contributed by atoms with E-state index in [4.69, 9.17) is 4.74 Å². The van der Waals surface area contributed by atoms with Crippen LogP contribution in [-0.4, -0.2) is 19.3 Å². The number of hydrogen-bond donors (Lipinski definition) is 1. The van der Waals surface area contributed by atoms with Gasteiger partial charge in [0.15, 0.2) is 0 Å². The van der Waals surface area contributed by atoms with Gasteiger partial charge in [0.05, 0.1) is 6.10 Å². The zero-order valence-corrected chi connectivity index (χ0v) is 11.1. The van der Waals surface area contributed by atoms with Gasteiger partial charge in [-0.2, -0.15) is 0 Å². The number of aryl methyl sites for hydroxylation is 1. The number of nitrogens with one attached hydrogen (secondary N) is 1. The van der Waals surface area contributed by atoms with Crippen molar-refractivity contribution in [3.05, 3.63) is 34.9 Å². The van der Waals surface area contributed by atoms with Gasteiger partial charge >= 0.3 is 0 Å². The first-order chi connectivity index (χ1) is 8.93. The topological polar surface area (TPSA) is 21.3 Å². The summed E-state index contributed by atoms with van der Waals surface area (Å²) in [5, 5.41) is 3.49. The molecule has 2 aliphatic heterocycles. The summed E-state index contributed by atoms with van der Waals surface area (Å²) >= 11 is 0. The van der Waals surface area contributed by atoms with Gasteiger partial charge in [-0.3, -0.25) is 0 Å². The molecule has 2 aliphatic rings. The second-order valence-electron chi connectivity index (χ2n) is 5.51. The fourth-order valence-electron chi connectivity index (χ4n) is 3.21. The van der Waals surface area contributed by atoms with Crippen LogP contribution in [0.3, 0.4) is 0 Å². The zero-order chi connectivity index (χ0) is 12.2. The van der Waals surface area contributed by atoms with Crippen molar-refractivity contribution in [1.29, 1.82) is 0 Å². The van der Waals surface area contributed by atoms with E-state index in [-0.39, 0.29) is 0 Å². The molecule has 0 saturated carbocycles. The van der Waals surface area contributed by atoms with Gasteiger partial charge in [-0.15, -0.1) is 0 Å². The lowest BCUT2D eigenvalue weighted by Crippen LogP contribution is -2.24. The van der Waals surface area contributed by atoms with E-state index in [1.165, 1.54) is 38.5 Å². The summed E-state index contributed by atoms with van der Waals surface area (Å²) in [5.74, 6) is 0. The predicted molar refractivity (Wildman–Crippen MR) is 73.8 cm³/mol. The van der Waals surface area contributed by atoms with Crippen LogP contribution in [0.2, 0.25) is 0 Å². The molecule has 2 heterocycles. The van der Waals surface area contributed by atoms with Gasteiger partial charge in [0.1, 0.15) is 0 Å². The maximum atomic E-state index is 5.69. The van der Waals surface area contributed by atoms with Crippen molar-refractivity contribution in [2.24, 2.45) is 0 Å². The Balaban J connectivity index is 1.58. The Labute approximate surface area is 110 Å². The zero-order valence-electron chi connectivity index (χ0n) is 11.1. The van der Waals surface area contributed by atoms with E-state index in [0.29, 0.717) is 6.10 Å². The molecule has 1 aromatic rings. The first-order valence-electron chi connectivity index (χ1n) is 7.35. The van der Waals surface area contributed by atoms with Crippen LogP contribution in [0.5, 0.6) is 0 Å². The molecular weight excluding hydrogens is 222 g/mol. The molecule has 0 aromatic heterocycles. The molecule has 98 valence electrons. The Morgan fingerprint density at radius 1 is 1.33 bits per heavy atom. The van der Waals surface area contributed by atoms with Crippen LogP contribution < -0.4 is 5.32 Å². The Kier molecular flexibility index (Phi) is 3.96. The Morgan fingerprint density at radius 2 is 2.33 bits per heavy atom. The van der Waals surface area contributed by atoms with E-state index in [1.54, 1.807) is 16.7 Å². The van der Waals surface area contributed by atoms with Crippen molar-refractivity contribution in [2.45, 2.75) is 51.2 Å². The smallest absolute Gasteiger partial charge is 0.0576 e. The molecule has 0 radical (unpaired) electrons. The lowest BCUT2D eigenvalue weighted by atomic mass is 9.93. The minimum atomic E-state index is 0.544. The second kappa shape index (κ2) is 5.85. The number of rotatable bonds is 4. The Bertz CT molecular complexity index is 396. The predicted octanol–water partition coefficient (Wildman–Crippen LogP) is 2.83. The monoisotopic (exact) mass is 245 g/mol. The summed E-state index contributed by atoms with van der Waals surface area (Å²) < 4.78 is 5.69. The molecule has 0 bridgehead atoms. The SMILES string of the molecule is c1cc(CCCC2CCCO2)c2c(c1)CCNC2. The minimum absolute atomic E-state index is 0.544. The lowest BCUT2D eigenvalue weighted by Gasteiger charge is -2.20. The number of benzene rings is 1. The van der Waals surface area contributed by atoms with Crippen LogP contribution in [-0.2, 0) is 24.1 Å². The molecule has 1 atom stereocenters. The third kappa shape index (κ3) is 2.76. The average Bonchev–Trinajstić information content (AvgIpc) is 2.92. The largest absolute Gasteiger partial charge is 0.378 e. The normalized spacial score (nSPS) is 23.0. The fourth-order valence-corrected chi connectivity index (χ4v) is 3.21. The third-order valence-corrected chi connectivity index (χ3v) is 4.24. The highest BCUT2D eigenvalue weighted by molar-refractivity contribution is 5.37. The quantitative estimate of drug-likeness (QED) is 0.880. The van der Waals surface area contributed by atoms with E-state index in [2.05, 4.69) is 23.5 Å². The van der Waals surface area contributed by atoms with Gasteiger partial charge in [0.25, 0.3) is 0 Å². The van der Waals surface area contributed by atoms with E-state index in [0.717, 1.165) is 19.7 Å². The molecule has 0 aliphatic carbocycles. The van der Waals surface area contributed by atoms with E-state index in [1.807, 2.05) is 0 Å². The van der Waals surface area contributed by atoms with Gasteiger partial charge in [-0.05, 0) is 61.8 Å². The van der Waals surface area contributed by atoms with Crippen molar-refractivity contribution in [2.75, 3.05) is 13.2 Å². The molecule has 1 aromatic carbocycles. The molecule has 2 heteroatoms. The summed E-state index contributed by atoms with van der Waals surface area (Å²) in [6.45, 7) is 3.17. The third-order valence-electron chi connectivity index (χ3n) is 4.24. The maximum absolute atomic E-state index is 5.69. The van der Waals surface area contributed by atoms with E-state index in [9.17, 15) is 0 Å². The minimum Gasteiger partial charge on any atom is -0.378 e. The van der Waals surface area contributed by atoms with Crippen LogP contribution in [0.15, 0.2) is 18.2 Å². The summed E-state index contributed by atoms with van der Waals surface area (Å²) in [6.07, 6.45) is 7.98. The van der Waals surface area contributed by atoms with Crippen molar-refractivity contribution >= 4 is 0 Å². The first kappa shape index (κ1) is 12.2. The van der Waals surface area contributed by atoms with Gasteiger partial charge in [0, 0.05) is 13.2 Å². The molecule has 1 saturated heterocycles. The van der Waals surface area contributed by atoms with Crippen LogP contribution in [0.25, 0.3) is 0 Å². The highest BCUT2D eigenvalue weighted by Gasteiger charge is 2.16. The van der Waals surface area contributed by atoms with Crippen LogP contribution in [0, 0.1) is 0 Å². The van der Waals surface area contributed by atoms with Crippen molar-refractivity contribution in [3.63, 3.8) is 0 Å². The number of fused-ring (bicyclic) bond motifs is 1. The van der Waals surface area contributed by atoms with Crippen molar-refractivity contribution in [3.8, 4) is 0 Å². The fraction of sp³-hybridized carbons (Fsp3) is 0.625. The molecule has 1 N–H and O–H groups in total. The van der Waals surface area contributed by atoms with Gasteiger partial charge in [0.2, 0.25) is 0 Å². The molecule has 0 spiro atoms. The molecular formula is C16H23NO.